The summed E-state index contributed by atoms with van der Waals surface area (Å²) in [7, 11) is -3.42. The molecule has 0 saturated carbocycles. The van der Waals surface area contributed by atoms with Gasteiger partial charge in [0, 0.05) is 17.2 Å². The number of halogens is 1. The minimum absolute atomic E-state index is 0.0249. The Morgan fingerprint density at radius 1 is 1.30 bits per heavy atom. The van der Waals surface area contributed by atoms with Crippen LogP contribution in [0.3, 0.4) is 0 Å². The van der Waals surface area contributed by atoms with E-state index in [4.69, 9.17) is 16.3 Å². The van der Waals surface area contributed by atoms with Crippen molar-refractivity contribution in [3.63, 3.8) is 0 Å². The van der Waals surface area contributed by atoms with Crippen LogP contribution in [-0.4, -0.2) is 44.3 Å². The number of nitrogens with zero attached hydrogens (tertiary/aromatic N) is 2. The van der Waals surface area contributed by atoms with Gasteiger partial charge in [0.05, 0.1) is 33.5 Å². The summed E-state index contributed by atoms with van der Waals surface area (Å²) in [5.74, 6) is -0.327. The van der Waals surface area contributed by atoms with Gasteiger partial charge in [-0.05, 0) is 49.2 Å². The number of ether oxygens (including phenoxy) is 1. The van der Waals surface area contributed by atoms with E-state index in [9.17, 15) is 13.2 Å². The van der Waals surface area contributed by atoms with Gasteiger partial charge in [0.2, 0.25) is 0 Å². The molecule has 1 fully saturated rings. The summed E-state index contributed by atoms with van der Waals surface area (Å²) >= 11 is 7.47. The van der Waals surface area contributed by atoms with Crippen LogP contribution in [0.5, 0.6) is 0 Å². The van der Waals surface area contributed by atoms with Crippen molar-refractivity contribution in [2.24, 2.45) is 0 Å². The van der Waals surface area contributed by atoms with Gasteiger partial charge in [-0.15, -0.1) is 0 Å². The highest BCUT2D eigenvalue weighted by atomic mass is 35.5. The van der Waals surface area contributed by atoms with Gasteiger partial charge in [0.1, 0.15) is 0 Å². The fourth-order valence-corrected chi connectivity index (χ4v) is 5.56. The second kappa shape index (κ2) is 8.63. The Kier molecular flexibility index (Phi) is 6.11. The molecule has 1 aliphatic heterocycles. The second-order valence-corrected chi connectivity index (χ2v) is 10.8. The number of anilines is 1. The lowest BCUT2D eigenvalue weighted by Crippen LogP contribution is -2.37. The maximum absolute atomic E-state index is 13.5. The van der Waals surface area contributed by atoms with E-state index in [1.165, 1.54) is 23.5 Å². The monoisotopic (exact) mass is 464 g/mol. The highest BCUT2D eigenvalue weighted by Gasteiger charge is 2.27. The van der Waals surface area contributed by atoms with Crippen molar-refractivity contribution in [2.75, 3.05) is 23.8 Å². The standard InChI is InChI=1S/C21H21ClN2O4S2/c1-2-30(26,27)17-7-3-5-14(11-17)20(25)24(13-16-6-4-10-28-16)21-23-18-9-8-15(22)12-19(18)29-21/h3,5,7-9,11-12,16H,2,4,6,10,13H2,1H3. The molecule has 3 aromatic rings. The van der Waals surface area contributed by atoms with Crippen LogP contribution >= 0.6 is 22.9 Å². The molecule has 2 heterocycles. The van der Waals surface area contributed by atoms with Gasteiger partial charge in [-0.3, -0.25) is 9.69 Å². The van der Waals surface area contributed by atoms with Crippen LogP contribution in [-0.2, 0) is 14.6 Å². The number of hydrogen-bond donors (Lipinski definition) is 0. The summed E-state index contributed by atoms with van der Waals surface area (Å²) in [6.07, 6.45) is 1.74. The Labute approximate surface area is 184 Å². The number of benzene rings is 2. The predicted octanol–water partition coefficient (Wildman–Crippen LogP) is 4.57. The molecule has 1 unspecified atom stereocenters. The zero-order valence-electron chi connectivity index (χ0n) is 16.4. The maximum atomic E-state index is 13.5. The summed E-state index contributed by atoms with van der Waals surface area (Å²) < 4.78 is 31.2. The van der Waals surface area contributed by atoms with Crippen LogP contribution in [0, 0.1) is 0 Å². The third-order valence-corrected chi connectivity index (χ3v) is 8.05. The number of aromatic nitrogens is 1. The molecule has 0 aliphatic carbocycles. The number of thiazole rings is 1. The number of hydrogen-bond acceptors (Lipinski definition) is 6. The number of fused-ring (bicyclic) bond motifs is 1. The minimum Gasteiger partial charge on any atom is -0.376 e. The summed E-state index contributed by atoms with van der Waals surface area (Å²) in [5.41, 5.74) is 1.06. The molecule has 1 saturated heterocycles. The van der Waals surface area contributed by atoms with Crippen molar-refractivity contribution in [1.82, 2.24) is 4.98 Å². The molecular weight excluding hydrogens is 444 g/mol. The molecule has 9 heteroatoms. The van der Waals surface area contributed by atoms with E-state index >= 15 is 0 Å². The lowest BCUT2D eigenvalue weighted by Gasteiger charge is -2.23. The SMILES string of the molecule is CCS(=O)(=O)c1cccc(C(=O)N(CC2CCCO2)c2nc3ccc(Cl)cc3s2)c1. The van der Waals surface area contributed by atoms with E-state index in [1.54, 1.807) is 30.0 Å². The first-order valence-corrected chi connectivity index (χ1v) is 12.5. The van der Waals surface area contributed by atoms with E-state index in [0.29, 0.717) is 28.9 Å². The summed E-state index contributed by atoms with van der Waals surface area (Å²) in [4.78, 5) is 19.8. The van der Waals surface area contributed by atoms with Crippen LogP contribution in [0.4, 0.5) is 5.13 Å². The fraction of sp³-hybridized carbons (Fsp3) is 0.333. The molecule has 1 aromatic heterocycles. The minimum atomic E-state index is -3.42. The van der Waals surface area contributed by atoms with Crippen LogP contribution in [0.2, 0.25) is 5.02 Å². The van der Waals surface area contributed by atoms with E-state index in [2.05, 4.69) is 4.98 Å². The van der Waals surface area contributed by atoms with Gasteiger partial charge < -0.3 is 4.74 Å². The second-order valence-electron chi connectivity index (χ2n) is 7.09. The highest BCUT2D eigenvalue weighted by molar-refractivity contribution is 7.91. The molecule has 4 rings (SSSR count). The van der Waals surface area contributed by atoms with Crippen LogP contribution < -0.4 is 4.90 Å². The third kappa shape index (κ3) is 4.37. The first-order chi connectivity index (χ1) is 14.4. The highest BCUT2D eigenvalue weighted by Crippen LogP contribution is 2.32. The van der Waals surface area contributed by atoms with E-state index in [1.807, 2.05) is 12.1 Å². The fourth-order valence-electron chi connectivity index (χ4n) is 3.39. The molecule has 0 N–H and O–H groups in total. The normalized spacial score (nSPS) is 16.8. The number of amides is 1. The molecule has 1 aliphatic rings. The molecule has 6 nitrogen and oxygen atoms in total. The Bertz CT molecular complexity index is 1190. The molecular formula is C21H21ClN2O4S2. The quantitative estimate of drug-likeness (QED) is 0.534. The Hall–Kier alpha value is -2.00. The molecule has 0 radical (unpaired) electrons. The zero-order chi connectivity index (χ0) is 21.3. The Morgan fingerprint density at radius 3 is 2.87 bits per heavy atom. The summed E-state index contributed by atoms with van der Waals surface area (Å²) in [6.45, 7) is 2.61. The summed E-state index contributed by atoms with van der Waals surface area (Å²) in [5, 5.41) is 1.14. The summed E-state index contributed by atoms with van der Waals surface area (Å²) in [6, 6.07) is 11.6. The van der Waals surface area contributed by atoms with Crippen molar-refractivity contribution in [1.29, 1.82) is 0 Å². The molecule has 0 spiro atoms. The molecule has 0 bridgehead atoms. The lowest BCUT2D eigenvalue weighted by molar-refractivity contribution is 0.0917. The molecule has 30 heavy (non-hydrogen) atoms. The van der Waals surface area contributed by atoms with Crippen LogP contribution in [0.1, 0.15) is 30.1 Å². The van der Waals surface area contributed by atoms with Gasteiger partial charge in [0.15, 0.2) is 15.0 Å². The van der Waals surface area contributed by atoms with Crippen molar-refractivity contribution < 1.29 is 17.9 Å². The Morgan fingerprint density at radius 2 is 2.13 bits per heavy atom. The van der Waals surface area contributed by atoms with E-state index in [0.717, 1.165) is 23.1 Å². The van der Waals surface area contributed by atoms with Gasteiger partial charge in [-0.2, -0.15) is 0 Å². The average molecular weight is 465 g/mol. The Balaban J connectivity index is 1.73. The molecule has 158 valence electrons. The number of carbonyl (C=O) groups is 1. The maximum Gasteiger partial charge on any atom is 0.260 e. The topological polar surface area (TPSA) is 76.6 Å². The number of sulfone groups is 1. The first-order valence-electron chi connectivity index (χ1n) is 9.70. The molecule has 1 amide bonds. The van der Waals surface area contributed by atoms with Crippen molar-refractivity contribution in [2.45, 2.75) is 30.8 Å². The van der Waals surface area contributed by atoms with Crippen LogP contribution in [0.15, 0.2) is 47.4 Å². The zero-order valence-corrected chi connectivity index (χ0v) is 18.8. The first kappa shape index (κ1) is 21.2. The van der Waals surface area contributed by atoms with Crippen molar-refractivity contribution in [3.05, 3.63) is 53.1 Å². The number of rotatable bonds is 6. The van der Waals surface area contributed by atoms with Gasteiger partial charge in [-0.1, -0.05) is 35.9 Å². The van der Waals surface area contributed by atoms with Gasteiger partial charge >= 0.3 is 0 Å². The average Bonchev–Trinajstić information content (AvgIpc) is 3.40. The van der Waals surface area contributed by atoms with Gasteiger partial charge in [-0.25, -0.2) is 13.4 Å². The predicted molar refractivity (Wildman–Crippen MR) is 119 cm³/mol. The van der Waals surface area contributed by atoms with Crippen molar-refractivity contribution >= 4 is 54.0 Å². The molecule has 2 aromatic carbocycles. The van der Waals surface area contributed by atoms with E-state index < -0.39 is 9.84 Å². The van der Waals surface area contributed by atoms with Gasteiger partial charge in [0.25, 0.3) is 5.91 Å². The molecule has 1 atom stereocenters. The largest absolute Gasteiger partial charge is 0.376 e. The lowest BCUT2D eigenvalue weighted by atomic mass is 10.2. The number of carbonyl (C=O) groups excluding carboxylic acids is 1. The van der Waals surface area contributed by atoms with E-state index in [-0.39, 0.29) is 22.7 Å². The smallest absolute Gasteiger partial charge is 0.260 e. The third-order valence-electron chi connectivity index (χ3n) is 5.05. The van der Waals surface area contributed by atoms with Crippen molar-refractivity contribution in [3.8, 4) is 0 Å². The van der Waals surface area contributed by atoms with Crippen LogP contribution in [0.25, 0.3) is 10.2 Å².